The summed E-state index contributed by atoms with van der Waals surface area (Å²) in [5.41, 5.74) is 3.45. The van der Waals surface area contributed by atoms with Gasteiger partial charge in [-0.2, -0.15) is 0 Å². The molecule has 1 aliphatic rings. The average Bonchev–Trinajstić information content (AvgIpc) is 2.99. The molecule has 0 saturated carbocycles. The highest BCUT2D eigenvalue weighted by molar-refractivity contribution is 6.39. The summed E-state index contributed by atoms with van der Waals surface area (Å²) in [6.07, 6.45) is 1.50. The Morgan fingerprint density at radius 2 is 1.58 bits per heavy atom. The van der Waals surface area contributed by atoms with Crippen LogP contribution in [0.1, 0.15) is 17.0 Å². The molecule has 1 saturated heterocycles. The number of carbonyl (C=O) groups is 3. The largest absolute Gasteiger partial charge is 0.335 e. The zero-order valence-electron chi connectivity index (χ0n) is 16.6. The van der Waals surface area contributed by atoms with Crippen LogP contribution in [0, 0.1) is 13.8 Å². The van der Waals surface area contributed by atoms with E-state index in [4.69, 9.17) is 23.2 Å². The van der Waals surface area contributed by atoms with Crippen LogP contribution in [-0.2, 0) is 9.59 Å². The van der Waals surface area contributed by atoms with Gasteiger partial charge in [-0.15, -0.1) is 0 Å². The molecule has 2 aromatic carbocycles. The monoisotopic (exact) mass is 453 g/mol. The molecule has 1 N–H and O–H groups in total. The van der Waals surface area contributed by atoms with Crippen LogP contribution < -0.4 is 10.2 Å². The van der Waals surface area contributed by atoms with Crippen LogP contribution in [0.2, 0.25) is 10.0 Å². The van der Waals surface area contributed by atoms with Gasteiger partial charge in [0.15, 0.2) is 0 Å². The maximum atomic E-state index is 13.1. The Kier molecular flexibility index (Phi) is 5.43. The van der Waals surface area contributed by atoms with Crippen molar-refractivity contribution in [2.75, 3.05) is 4.90 Å². The number of anilines is 1. The van der Waals surface area contributed by atoms with Crippen molar-refractivity contribution < 1.29 is 14.4 Å². The molecule has 0 aliphatic carbocycles. The minimum atomic E-state index is -0.807. The molecule has 6 nitrogen and oxygen atoms in total. The summed E-state index contributed by atoms with van der Waals surface area (Å²) in [6.45, 7) is 3.80. The van der Waals surface area contributed by atoms with Crippen LogP contribution >= 0.6 is 23.2 Å². The second-order valence-corrected chi connectivity index (χ2v) is 7.95. The third-order valence-electron chi connectivity index (χ3n) is 5.02. The van der Waals surface area contributed by atoms with Gasteiger partial charge in [-0.3, -0.25) is 14.9 Å². The van der Waals surface area contributed by atoms with Gasteiger partial charge in [0.25, 0.3) is 11.8 Å². The van der Waals surface area contributed by atoms with Crippen LogP contribution in [0.15, 0.2) is 60.2 Å². The van der Waals surface area contributed by atoms with Crippen molar-refractivity contribution in [2.45, 2.75) is 13.8 Å². The molecule has 1 aliphatic heterocycles. The van der Waals surface area contributed by atoms with E-state index in [0.29, 0.717) is 21.3 Å². The standard InChI is InChI=1S/C23H17Cl2N3O3/c1-13-10-15(14(2)27(13)19-5-3-4-17(25)12-19)11-20-21(29)26-23(31)28(22(20)30)18-8-6-16(24)7-9-18/h3-12H,1-2H3,(H,26,29,31)/b20-11+. The number of hydrogen-bond acceptors (Lipinski definition) is 3. The topological polar surface area (TPSA) is 71.4 Å². The first-order valence-electron chi connectivity index (χ1n) is 9.38. The Morgan fingerprint density at radius 1 is 0.871 bits per heavy atom. The van der Waals surface area contributed by atoms with E-state index in [2.05, 4.69) is 5.32 Å². The molecule has 4 rings (SSSR count). The molecule has 3 aromatic rings. The van der Waals surface area contributed by atoms with Crippen molar-refractivity contribution in [2.24, 2.45) is 0 Å². The lowest BCUT2D eigenvalue weighted by atomic mass is 10.1. The molecule has 0 unspecified atom stereocenters. The second-order valence-electron chi connectivity index (χ2n) is 7.08. The number of aromatic nitrogens is 1. The third-order valence-corrected chi connectivity index (χ3v) is 5.51. The van der Waals surface area contributed by atoms with Crippen molar-refractivity contribution in [3.63, 3.8) is 0 Å². The van der Waals surface area contributed by atoms with Crippen LogP contribution in [0.3, 0.4) is 0 Å². The number of carbonyl (C=O) groups excluding carboxylic acids is 3. The van der Waals surface area contributed by atoms with Gasteiger partial charge in [0.1, 0.15) is 5.57 Å². The number of hydrogen-bond donors (Lipinski definition) is 1. The minimum absolute atomic E-state index is 0.138. The van der Waals surface area contributed by atoms with E-state index in [1.807, 2.05) is 42.7 Å². The van der Waals surface area contributed by atoms with Gasteiger partial charge in [-0.25, -0.2) is 9.69 Å². The molecular formula is C23H17Cl2N3O3. The Labute approximate surface area is 188 Å². The highest BCUT2D eigenvalue weighted by atomic mass is 35.5. The fraction of sp³-hybridized carbons (Fsp3) is 0.0870. The molecule has 0 bridgehead atoms. The average molecular weight is 454 g/mol. The van der Waals surface area contributed by atoms with Gasteiger partial charge in [-0.1, -0.05) is 29.3 Å². The van der Waals surface area contributed by atoms with E-state index in [0.717, 1.165) is 22.0 Å². The Morgan fingerprint density at radius 3 is 2.26 bits per heavy atom. The van der Waals surface area contributed by atoms with Gasteiger partial charge < -0.3 is 4.57 Å². The highest BCUT2D eigenvalue weighted by Crippen LogP contribution is 2.27. The van der Waals surface area contributed by atoms with E-state index in [1.54, 1.807) is 18.2 Å². The predicted octanol–water partition coefficient (Wildman–Crippen LogP) is 5.07. The van der Waals surface area contributed by atoms with Crippen molar-refractivity contribution >= 4 is 52.8 Å². The molecule has 156 valence electrons. The Balaban J connectivity index is 1.76. The Hall–Kier alpha value is -3.35. The number of amides is 4. The number of nitrogens with one attached hydrogen (secondary N) is 1. The fourth-order valence-electron chi connectivity index (χ4n) is 3.58. The first-order valence-corrected chi connectivity index (χ1v) is 10.1. The lowest BCUT2D eigenvalue weighted by Gasteiger charge is -2.26. The number of urea groups is 1. The van der Waals surface area contributed by atoms with E-state index in [1.165, 1.54) is 18.2 Å². The van der Waals surface area contributed by atoms with Crippen LogP contribution in [0.5, 0.6) is 0 Å². The molecule has 0 spiro atoms. The number of rotatable bonds is 3. The van der Waals surface area contributed by atoms with E-state index in [-0.39, 0.29) is 5.57 Å². The lowest BCUT2D eigenvalue weighted by molar-refractivity contribution is -0.122. The Bertz CT molecular complexity index is 1260. The summed E-state index contributed by atoms with van der Waals surface area (Å²) < 4.78 is 1.98. The number of imide groups is 2. The van der Waals surface area contributed by atoms with E-state index < -0.39 is 17.8 Å². The lowest BCUT2D eigenvalue weighted by Crippen LogP contribution is -2.54. The number of halogens is 2. The molecule has 0 atom stereocenters. The maximum absolute atomic E-state index is 13.1. The van der Waals surface area contributed by atoms with Gasteiger partial charge in [0.2, 0.25) is 0 Å². The van der Waals surface area contributed by atoms with Gasteiger partial charge in [-0.05, 0) is 74.0 Å². The number of aryl methyl sites for hydroxylation is 1. The highest BCUT2D eigenvalue weighted by Gasteiger charge is 2.37. The molecular weight excluding hydrogens is 437 g/mol. The van der Waals surface area contributed by atoms with Crippen molar-refractivity contribution in [3.05, 3.63) is 87.2 Å². The molecule has 0 radical (unpaired) electrons. The summed E-state index contributed by atoms with van der Waals surface area (Å²) in [4.78, 5) is 38.8. The van der Waals surface area contributed by atoms with E-state index in [9.17, 15) is 14.4 Å². The summed E-state index contributed by atoms with van der Waals surface area (Å²) in [5.74, 6) is -1.45. The molecule has 4 amide bonds. The SMILES string of the molecule is Cc1cc(/C=C2\C(=O)NC(=O)N(c3ccc(Cl)cc3)C2=O)c(C)n1-c1cccc(Cl)c1. The first-order chi connectivity index (χ1) is 14.8. The van der Waals surface area contributed by atoms with Crippen molar-refractivity contribution in [1.29, 1.82) is 0 Å². The fourth-order valence-corrected chi connectivity index (χ4v) is 3.89. The van der Waals surface area contributed by atoms with Gasteiger partial charge >= 0.3 is 6.03 Å². The number of barbiturate groups is 1. The summed E-state index contributed by atoms with van der Waals surface area (Å²) in [7, 11) is 0. The van der Waals surface area contributed by atoms with Crippen molar-refractivity contribution in [3.8, 4) is 5.69 Å². The third kappa shape index (κ3) is 3.87. The van der Waals surface area contributed by atoms with Gasteiger partial charge in [0, 0.05) is 27.1 Å². The summed E-state index contributed by atoms with van der Waals surface area (Å²) in [6, 6.07) is 14.7. The van der Waals surface area contributed by atoms with E-state index >= 15 is 0 Å². The molecule has 1 aromatic heterocycles. The second kappa shape index (κ2) is 8.06. The molecule has 2 heterocycles. The maximum Gasteiger partial charge on any atom is 0.335 e. The first kappa shape index (κ1) is 20.9. The zero-order valence-corrected chi connectivity index (χ0v) is 18.2. The van der Waals surface area contributed by atoms with Crippen LogP contribution in [0.25, 0.3) is 11.8 Å². The predicted molar refractivity (Wildman–Crippen MR) is 121 cm³/mol. The van der Waals surface area contributed by atoms with Crippen molar-refractivity contribution in [1.82, 2.24) is 9.88 Å². The molecule has 31 heavy (non-hydrogen) atoms. The van der Waals surface area contributed by atoms with Crippen LogP contribution in [-0.4, -0.2) is 22.4 Å². The smallest absolute Gasteiger partial charge is 0.318 e. The summed E-state index contributed by atoms with van der Waals surface area (Å²) in [5, 5.41) is 3.29. The zero-order chi connectivity index (χ0) is 22.3. The molecule has 1 fully saturated rings. The van der Waals surface area contributed by atoms with Crippen LogP contribution in [0.4, 0.5) is 10.5 Å². The normalized spacial score (nSPS) is 15.5. The minimum Gasteiger partial charge on any atom is -0.318 e. The number of nitrogens with zero attached hydrogens (tertiary/aromatic N) is 2. The van der Waals surface area contributed by atoms with Gasteiger partial charge in [0.05, 0.1) is 5.69 Å². The number of benzene rings is 2. The summed E-state index contributed by atoms with van der Waals surface area (Å²) >= 11 is 12.0. The quantitative estimate of drug-likeness (QED) is 0.444. The molecule has 8 heteroatoms.